The van der Waals surface area contributed by atoms with E-state index in [1.54, 1.807) is 0 Å². The zero-order valence-corrected chi connectivity index (χ0v) is 13.8. The predicted molar refractivity (Wildman–Crippen MR) is 89.4 cm³/mol. The normalized spacial score (nSPS) is 19.0. The van der Waals surface area contributed by atoms with Crippen LogP contribution in [0, 0.1) is 0 Å². The molecule has 110 valence electrons. The van der Waals surface area contributed by atoms with Gasteiger partial charge < -0.3 is 10.1 Å². The molecule has 2 nitrogen and oxygen atoms in total. The first-order valence-corrected chi connectivity index (χ1v) is 8.22. The standard InChI is InChI=1S/C18H20BrNO/c1-13(15-7-4-5-9-17(15)19)20-12-18-16-8-3-2-6-14(16)10-11-21-18/h2-9,13,18,20H,10-12H2,1H3/t13-,18?/m0/s1. The van der Waals surface area contributed by atoms with Crippen LogP contribution in [0.25, 0.3) is 0 Å². The molecule has 1 aliphatic rings. The summed E-state index contributed by atoms with van der Waals surface area (Å²) < 4.78 is 7.09. The SMILES string of the molecule is C[C@H](NCC1OCCc2ccccc21)c1ccccc1Br. The molecule has 0 saturated heterocycles. The third-order valence-corrected chi connectivity index (χ3v) is 4.80. The van der Waals surface area contributed by atoms with Crippen LogP contribution in [0.5, 0.6) is 0 Å². The van der Waals surface area contributed by atoms with Gasteiger partial charge in [-0.05, 0) is 36.1 Å². The summed E-state index contributed by atoms with van der Waals surface area (Å²) in [7, 11) is 0. The molecular weight excluding hydrogens is 326 g/mol. The van der Waals surface area contributed by atoms with E-state index in [2.05, 4.69) is 70.6 Å². The quantitative estimate of drug-likeness (QED) is 0.885. The smallest absolute Gasteiger partial charge is 0.0952 e. The van der Waals surface area contributed by atoms with Crippen molar-refractivity contribution in [2.45, 2.75) is 25.5 Å². The van der Waals surface area contributed by atoms with Gasteiger partial charge in [-0.25, -0.2) is 0 Å². The van der Waals surface area contributed by atoms with Crippen LogP contribution < -0.4 is 5.32 Å². The average molecular weight is 346 g/mol. The largest absolute Gasteiger partial charge is 0.372 e. The third kappa shape index (κ3) is 3.37. The lowest BCUT2D eigenvalue weighted by Gasteiger charge is -2.28. The molecule has 2 aromatic carbocycles. The van der Waals surface area contributed by atoms with E-state index >= 15 is 0 Å². The molecule has 1 heterocycles. The van der Waals surface area contributed by atoms with Gasteiger partial charge in [-0.3, -0.25) is 0 Å². The van der Waals surface area contributed by atoms with Gasteiger partial charge in [-0.2, -0.15) is 0 Å². The van der Waals surface area contributed by atoms with E-state index < -0.39 is 0 Å². The van der Waals surface area contributed by atoms with Crippen LogP contribution in [0.15, 0.2) is 53.0 Å². The summed E-state index contributed by atoms with van der Waals surface area (Å²) in [6, 6.07) is 17.2. The highest BCUT2D eigenvalue weighted by Crippen LogP contribution is 2.28. The van der Waals surface area contributed by atoms with Crippen LogP contribution >= 0.6 is 15.9 Å². The van der Waals surface area contributed by atoms with Crippen molar-refractivity contribution in [3.63, 3.8) is 0 Å². The van der Waals surface area contributed by atoms with Gasteiger partial charge in [0.2, 0.25) is 0 Å². The second-order valence-electron chi connectivity index (χ2n) is 5.46. The summed E-state index contributed by atoms with van der Waals surface area (Å²) >= 11 is 3.62. The molecule has 0 saturated carbocycles. The maximum Gasteiger partial charge on any atom is 0.0952 e. The van der Waals surface area contributed by atoms with Crippen LogP contribution in [0.1, 0.15) is 35.8 Å². The van der Waals surface area contributed by atoms with Crippen LogP contribution in [0.4, 0.5) is 0 Å². The Balaban J connectivity index is 1.67. The first kappa shape index (κ1) is 14.8. The number of ether oxygens (including phenoxy) is 1. The van der Waals surface area contributed by atoms with Gasteiger partial charge in [0, 0.05) is 17.1 Å². The lowest BCUT2D eigenvalue weighted by atomic mass is 9.97. The number of nitrogens with one attached hydrogen (secondary N) is 1. The summed E-state index contributed by atoms with van der Waals surface area (Å²) in [5.74, 6) is 0. The van der Waals surface area contributed by atoms with Crippen molar-refractivity contribution in [1.29, 1.82) is 0 Å². The Kier molecular flexibility index (Phi) is 4.73. The summed E-state index contributed by atoms with van der Waals surface area (Å²) in [5, 5.41) is 3.60. The highest BCUT2D eigenvalue weighted by atomic mass is 79.9. The molecule has 0 fully saturated rings. The fourth-order valence-electron chi connectivity index (χ4n) is 2.87. The first-order valence-electron chi connectivity index (χ1n) is 7.43. The van der Waals surface area contributed by atoms with E-state index in [1.165, 1.54) is 16.7 Å². The fourth-order valence-corrected chi connectivity index (χ4v) is 3.49. The molecule has 3 rings (SSSR count). The molecule has 21 heavy (non-hydrogen) atoms. The van der Waals surface area contributed by atoms with Crippen molar-refractivity contribution in [3.8, 4) is 0 Å². The van der Waals surface area contributed by atoms with E-state index in [-0.39, 0.29) is 6.10 Å². The van der Waals surface area contributed by atoms with Gasteiger partial charge in [0.15, 0.2) is 0 Å². The van der Waals surface area contributed by atoms with Gasteiger partial charge in [-0.15, -0.1) is 0 Å². The molecule has 0 amide bonds. The highest BCUT2D eigenvalue weighted by molar-refractivity contribution is 9.10. The Morgan fingerprint density at radius 1 is 1.19 bits per heavy atom. The van der Waals surface area contributed by atoms with E-state index in [9.17, 15) is 0 Å². The molecule has 0 bridgehead atoms. The van der Waals surface area contributed by atoms with Crippen molar-refractivity contribution in [2.75, 3.05) is 13.2 Å². The molecule has 1 aliphatic heterocycles. The van der Waals surface area contributed by atoms with Crippen LogP contribution in [-0.2, 0) is 11.2 Å². The van der Waals surface area contributed by atoms with Gasteiger partial charge in [0.1, 0.15) is 0 Å². The third-order valence-electron chi connectivity index (χ3n) is 4.07. The van der Waals surface area contributed by atoms with E-state index in [1.807, 2.05) is 6.07 Å². The van der Waals surface area contributed by atoms with Gasteiger partial charge in [0.05, 0.1) is 12.7 Å². The molecule has 2 aromatic rings. The van der Waals surface area contributed by atoms with Gasteiger partial charge in [0.25, 0.3) is 0 Å². The van der Waals surface area contributed by atoms with Crippen molar-refractivity contribution >= 4 is 15.9 Å². The summed E-state index contributed by atoms with van der Waals surface area (Å²) in [5.41, 5.74) is 4.03. The topological polar surface area (TPSA) is 21.3 Å². The number of hydrogen-bond acceptors (Lipinski definition) is 2. The van der Waals surface area contributed by atoms with Gasteiger partial charge in [-0.1, -0.05) is 58.4 Å². The second-order valence-corrected chi connectivity index (χ2v) is 6.31. The number of benzene rings is 2. The highest BCUT2D eigenvalue weighted by Gasteiger charge is 2.21. The van der Waals surface area contributed by atoms with E-state index in [0.717, 1.165) is 24.0 Å². The van der Waals surface area contributed by atoms with Crippen molar-refractivity contribution in [2.24, 2.45) is 0 Å². The number of fused-ring (bicyclic) bond motifs is 1. The average Bonchev–Trinajstić information content (AvgIpc) is 2.53. The lowest BCUT2D eigenvalue weighted by molar-refractivity contribution is 0.0409. The molecule has 0 aliphatic carbocycles. The Morgan fingerprint density at radius 3 is 2.81 bits per heavy atom. The summed E-state index contributed by atoms with van der Waals surface area (Å²) in [4.78, 5) is 0. The number of rotatable bonds is 4. The second kappa shape index (κ2) is 6.73. The Hall–Kier alpha value is -1.16. The van der Waals surface area contributed by atoms with Crippen LogP contribution in [0.3, 0.4) is 0 Å². The molecule has 0 spiro atoms. The zero-order valence-electron chi connectivity index (χ0n) is 12.2. The van der Waals surface area contributed by atoms with Crippen molar-refractivity contribution in [3.05, 3.63) is 69.7 Å². The molecular formula is C18H20BrNO. The number of hydrogen-bond donors (Lipinski definition) is 1. The summed E-state index contributed by atoms with van der Waals surface area (Å²) in [6.45, 7) is 3.83. The minimum Gasteiger partial charge on any atom is -0.372 e. The molecule has 2 atom stereocenters. The molecule has 0 aromatic heterocycles. The molecule has 3 heteroatoms. The predicted octanol–water partition coefficient (Wildman–Crippen LogP) is 4.41. The van der Waals surface area contributed by atoms with Crippen molar-refractivity contribution in [1.82, 2.24) is 5.32 Å². The minimum atomic E-state index is 0.153. The van der Waals surface area contributed by atoms with E-state index in [0.29, 0.717) is 6.04 Å². The van der Waals surface area contributed by atoms with Crippen LogP contribution in [0.2, 0.25) is 0 Å². The maximum atomic E-state index is 5.95. The molecule has 1 unspecified atom stereocenters. The summed E-state index contributed by atoms with van der Waals surface area (Å²) in [6.07, 6.45) is 1.17. The zero-order chi connectivity index (χ0) is 14.7. The molecule has 1 N–H and O–H groups in total. The van der Waals surface area contributed by atoms with Crippen molar-refractivity contribution < 1.29 is 4.74 Å². The monoisotopic (exact) mass is 345 g/mol. The Morgan fingerprint density at radius 2 is 1.95 bits per heavy atom. The Labute approximate surface area is 134 Å². The Bertz CT molecular complexity index is 614. The number of halogens is 1. The fraction of sp³-hybridized carbons (Fsp3) is 0.333. The lowest BCUT2D eigenvalue weighted by Crippen LogP contribution is -2.29. The minimum absolute atomic E-state index is 0.153. The first-order chi connectivity index (χ1) is 10.3. The molecule has 0 radical (unpaired) electrons. The van der Waals surface area contributed by atoms with E-state index in [4.69, 9.17) is 4.74 Å². The van der Waals surface area contributed by atoms with Crippen LogP contribution in [-0.4, -0.2) is 13.2 Å². The van der Waals surface area contributed by atoms with Gasteiger partial charge >= 0.3 is 0 Å². The maximum absolute atomic E-state index is 5.95.